The molecule has 1 N–H and O–H groups in total. The van der Waals surface area contributed by atoms with E-state index in [1.54, 1.807) is 0 Å². The Labute approximate surface area is 114 Å². The highest BCUT2D eigenvalue weighted by Crippen LogP contribution is 2.29. The van der Waals surface area contributed by atoms with Crippen LogP contribution in [-0.4, -0.2) is 41.8 Å². The number of benzene rings is 1. The first kappa shape index (κ1) is 14.0. The average molecular weight is 263 g/mol. The lowest BCUT2D eigenvalue weighted by Gasteiger charge is -2.39. The number of morpholine rings is 1. The number of carbonyl (C=O) groups is 1. The first-order valence-electron chi connectivity index (χ1n) is 6.85. The van der Waals surface area contributed by atoms with Crippen molar-refractivity contribution in [2.75, 3.05) is 19.8 Å². The average Bonchev–Trinajstić information content (AvgIpc) is 2.45. The zero-order valence-corrected chi connectivity index (χ0v) is 11.3. The first-order valence-corrected chi connectivity index (χ1v) is 6.85. The monoisotopic (exact) mass is 263 g/mol. The van der Waals surface area contributed by atoms with Gasteiger partial charge < -0.3 is 9.84 Å². The Morgan fingerprint density at radius 3 is 2.84 bits per heavy atom. The molecule has 1 aromatic carbocycles. The SMILES string of the molecule is CCCC(c1ccccc1)N1CCOCC1C(=O)O. The summed E-state index contributed by atoms with van der Waals surface area (Å²) in [6.07, 6.45) is 2.00. The fourth-order valence-corrected chi connectivity index (χ4v) is 2.68. The molecule has 2 atom stereocenters. The maximum Gasteiger partial charge on any atom is 0.323 e. The quantitative estimate of drug-likeness (QED) is 0.885. The summed E-state index contributed by atoms with van der Waals surface area (Å²) in [6, 6.07) is 9.79. The van der Waals surface area contributed by atoms with Gasteiger partial charge in [-0.2, -0.15) is 0 Å². The molecule has 1 aliphatic heterocycles. The third-order valence-electron chi connectivity index (χ3n) is 3.60. The van der Waals surface area contributed by atoms with Gasteiger partial charge >= 0.3 is 5.97 Å². The van der Waals surface area contributed by atoms with Gasteiger partial charge in [-0.05, 0) is 12.0 Å². The van der Waals surface area contributed by atoms with E-state index in [9.17, 15) is 9.90 Å². The fourth-order valence-electron chi connectivity index (χ4n) is 2.68. The fraction of sp³-hybridized carbons (Fsp3) is 0.533. The van der Waals surface area contributed by atoms with Crippen molar-refractivity contribution >= 4 is 5.97 Å². The Morgan fingerprint density at radius 1 is 1.47 bits per heavy atom. The lowest BCUT2D eigenvalue weighted by Crippen LogP contribution is -2.51. The number of carboxylic acids is 1. The Bertz CT molecular complexity index is 407. The maximum atomic E-state index is 11.4. The van der Waals surface area contributed by atoms with Crippen molar-refractivity contribution in [2.24, 2.45) is 0 Å². The molecule has 1 aromatic rings. The van der Waals surface area contributed by atoms with Gasteiger partial charge in [0, 0.05) is 12.6 Å². The van der Waals surface area contributed by atoms with E-state index in [0.717, 1.165) is 12.8 Å². The topological polar surface area (TPSA) is 49.8 Å². The van der Waals surface area contributed by atoms with E-state index >= 15 is 0 Å². The molecule has 0 radical (unpaired) electrons. The largest absolute Gasteiger partial charge is 0.480 e. The minimum Gasteiger partial charge on any atom is -0.480 e. The van der Waals surface area contributed by atoms with Crippen molar-refractivity contribution < 1.29 is 14.6 Å². The van der Waals surface area contributed by atoms with E-state index < -0.39 is 12.0 Å². The molecule has 104 valence electrons. The van der Waals surface area contributed by atoms with Crippen LogP contribution in [-0.2, 0) is 9.53 Å². The first-order chi connectivity index (χ1) is 9.24. The standard InChI is InChI=1S/C15H21NO3/c1-2-6-13(12-7-4-3-5-8-12)16-9-10-19-11-14(16)15(17)18/h3-5,7-8,13-14H,2,6,9-11H2,1H3,(H,17,18). The third-order valence-corrected chi connectivity index (χ3v) is 3.60. The molecule has 1 aliphatic rings. The number of aliphatic carboxylic acids is 1. The van der Waals surface area contributed by atoms with Gasteiger partial charge in [0.1, 0.15) is 6.04 Å². The van der Waals surface area contributed by atoms with Gasteiger partial charge in [-0.3, -0.25) is 9.69 Å². The van der Waals surface area contributed by atoms with Gasteiger partial charge in [-0.15, -0.1) is 0 Å². The number of nitrogens with zero attached hydrogens (tertiary/aromatic N) is 1. The molecule has 0 amide bonds. The van der Waals surface area contributed by atoms with E-state index in [2.05, 4.69) is 24.0 Å². The Kier molecular flexibility index (Phi) is 4.93. The van der Waals surface area contributed by atoms with Crippen LogP contribution in [0.3, 0.4) is 0 Å². The minimum absolute atomic E-state index is 0.163. The molecule has 1 fully saturated rings. The molecule has 1 heterocycles. The second kappa shape index (κ2) is 6.68. The molecule has 0 spiro atoms. The smallest absolute Gasteiger partial charge is 0.323 e. The summed E-state index contributed by atoms with van der Waals surface area (Å²) < 4.78 is 5.32. The third kappa shape index (κ3) is 3.33. The highest BCUT2D eigenvalue weighted by atomic mass is 16.5. The zero-order chi connectivity index (χ0) is 13.7. The summed E-state index contributed by atoms with van der Waals surface area (Å²) in [6.45, 7) is 3.70. The molecule has 0 aromatic heterocycles. The summed E-state index contributed by atoms with van der Waals surface area (Å²) in [5.74, 6) is -0.795. The molecule has 19 heavy (non-hydrogen) atoms. The van der Waals surface area contributed by atoms with Crippen molar-refractivity contribution in [2.45, 2.75) is 31.8 Å². The molecular weight excluding hydrogens is 242 g/mol. The van der Waals surface area contributed by atoms with Crippen molar-refractivity contribution in [3.63, 3.8) is 0 Å². The number of ether oxygens (including phenoxy) is 1. The highest BCUT2D eigenvalue weighted by Gasteiger charge is 2.34. The van der Waals surface area contributed by atoms with Gasteiger partial charge in [-0.25, -0.2) is 0 Å². The van der Waals surface area contributed by atoms with Crippen LogP contribution in [0.15, 0.2) is 30.3 Å². The van der Waals surface area contributed by atoms with Gasteiger partial charge in [0.2, 0.25) is 0 Å². The van der Waals surface area contributed by atoms with Crippen LogP contribution < -0.4 is 0 Å². The predicted molar refractivity (Wildman–Crippen MR) is 73.0 cm³/mol. The number of rotatable bonds is 5. The number of hydrogen-bond acceptors (Lipinski definition) is 3. The molecule has 4 heteroatoms. The maximum absolute atomic E-state index is 11.4. The molecule has 1 saturated heterocycles. The summed E-state index contributed by atoms with van der Waals surface area (Å²) in [7, 11) is 0. The summed E-state index contributed by atoms with van der Waals surface area (Å²) >= 11 is 0. The van der Waals surface area contributed by atoms with Crippen LogP contribution in [0.25, 0.3) is 0 Å². The molecule has 4 nitrogen and oxygen atoms in total. The van der Waals surface area contributed by atoms with Crippen molar-refractivity contribution in [3.05, 3.63) is 35.9 Å². The number of hydrogen-bond donors (Lipinski definition) is 1. The molecule has 0 bridgehead atoms. The van der Waals surface area contributed by atoms with Gasteiger partial charge in [-0.1, -0.05) is 43.7 Å². The lowest BCUT2D eigenvalue weighted by atomic mass is 9.98. The van der Waals surface area contributed by atoms with Gasteiger partial charge in [0.05, 0.1) is 13.2 Å². The molecule has 2 unspecified atom stereocenters. The highest BCUT2D eigenvalue weighted by molar-refractivity contribution is 5.73. The van der Waals surface area contributed by atoms with Gasteiger partial charge in [0.15, 0.2) is 0 Å². The van der Waals surface area contributed by atoms with Crippen molar-refractivity contribution in [3.8, 4) is 0 Å². The van der Waals surface area contributed by atoms with Crippen LogP contribution in [0.1, 0.15) is 31.4 Å². The van der Waals surface area contributed by atoms with Crippen LogP contribution in [0, 0.1) is 0 Å². The predicted octanol–water partition coefficient (Wildman–Crippen LogP) is 2.31. The molecular formula is C15H21NO3. The Balaban J connectivity index is 2.24. The zero-order valence-electron chi connectivity index (χ0n) is 11.3. The summed E-state index contributed by atoms with van der Waals surface area (Å²) in [5.41, 5.74) is 1.19. The van der Waals surface area contributed by atoms with Crippen molar-refractivity contribution in [1.29, 1.82) is 0 Å². The van der Waals surface area contributed by atoms with Crippen LogP contribution in [0.4, 0.5) is 0 Å². The minimum atomic E-state index is -0.795. The molecule has 0 aliphatic carbocycles. The normalized spacial score (nSPS) is 22.1. The van der Waals surface area contributed by atoms with E-state index in [-0.39, 0.29) is 12.6 Å². The van der Waals surface area contributed by atoms with E-state index in [1.807, 2.05) is 18.2 Å². The second-order valence-corrected chi connectivity index (χ2v) is 4.88. The van der Waals surface area contributed by atoms with E-state index in [1.165, 1.54) is 5.56 Å². The summed E-state index contributed by atoms with van der Waals surface area (Å²) in [4.78, 5) is 13.5. The van der Waals surface area contributed by atoms with Crippen LogP contribution >= 0.6 is 0 Å². The van der Waals surface area contributed by atoms with E-state index in [0.29, 0.717) is 13.2 Å². The van der Waals surface area contributed by atoms with E-state index in [4.69, 9.17) is 4.74 Å². The Morgan fingerprint density at radius 2 is 2.21 bits per heavy atom. The summed E-state index contributed by atoms with van der Waals surface area (Å²) in [5, 5.41) is 9.35. The number of carboxylic acid groups (broad SMARTS) is 1. The van der Waals surface area contributed by atoms with Gasteiger partial charge in [0.25, 0.3) is 0 Å². The molecule has 2 rings (SSSR count). The van der Waals surface area contributed by atoms with Crippen LogP contribution in [0.5, 0.6) is 0 Å². The Hall–Kier alpha value is -1.39. The lowest BCUT2D eigenvalue weighted by molar-refractivity contribution is -0.152. The molecule has 0 saturated carbocycles. The van der Waals surface area contributed by atoms with Crippen molar-refractivity contribution in [1.82, 2.24) is 4.90 Å². The van der Waals surface area contributed by atoms with Crippen LogP contribution in [0.2, 0.25) is 0 Å². The second-order valence-electron chi connectivity index (χ2n) is 4.88.